The normalized spacial score (nSPS) is 19.8. The Morgan fingerprint density at radius 3 is 2.50 bits per heavy atom. The van der Waals surface area contributed by atoms with Crippen LogP contribution in [0.25, 0.3) is 11.0 Å². The van der Waals surface area contributed by atoms with Gasteiger partial charge in [-0.05, 0) is 99.2 Å². The number of fused-ring (bicyclic) bond motifs is 1. The highest BCUT2D eigenvalue weighted by Gasteiger charge is 2.31. The Morgan fingerprint density at radius 1 is 1.00 bits per heavy atom. The van der Waals surface area contributed by atoms with E-state index >= 15 is 0 Å². The number of ether oxygens (including phenoxy) is 1. The molecule has 0 bridgehead atoms. The first kappa shape index (κ1) is 31.7. The molecule has 1 N–H and O–H groups in total. The first-order valence-corrected chi connectivity index (χ1v) is 16.1. The lowest BCUT2D eigenvalue weighted by Gasteiger charge is -2.32. The third-order valence-corrected chi connectivity index (χ3v) is 9.50. The number of piperidine rings is 1. The van der Waals surface area contributed by atoms with E-state index in [0.717, 1.165) is 86.7 Å². The fourth-order valence-corrected chi connectivity index (χ4v) is 6.85. The van der Waals surface area contributed by atoms with Gasteiger partial charge in [0.2, 0.25) is 0 Å². The van der Waals surface area contributed by atoms with Crippen molar-refractivity contribution in [2.75, 3.05) is 13.1 Å². The molecular weight excluding hydrogens is 591 g/mol. The second kappa shape index (κ2) is 13.6. The van der Waals surface area contributed by atoms with Crippen LogP contribution in [0.3, 0.4) is 0 Å². The van der Waals surface area contributed by atoms with Gasteiger partial charge in [0.25, 0.3) is 5.91 Å². The summed E-state index contributed by atoms with van der Waals surface area (Å²) in [5, 5.41) is 13.4. The Balaban J connectivity index is 1.03. The molecule has 6 nitrogen and oxygen atoms in total. The number of hydrogen-bond acceptors (Lipinski definition) is 5. The van der Waals surface area contributed by atoms with Gasteiger partial charge in [-0.15, -0.1) is 0 Å². The van der Waals surface area contributed by atoms with E-state index in [1.165, 1.54) is 12.1 Å². The summed E-state index contributed by atoms with van der Waals surface area (Å²) >= 11 is 0. The minimum Gasteiger partial charge on any atom is -0.490 e. The van der Waals surface area contributed by atoms with Crippen molar-refractivity contribution in [1.82, 2.24) is 10.2 Å². The van der Waals surface area contributed by atoms with Crippen LogP contribution in [0.4, 0.5) is 13.2 Å². The van der Waals surface area contributed by atoms with E-state index in [-0.39, 0.29) is 24.0 Å². The number of hydrogen-bond donors (Lipinski definition) is 1. The Bertz CT molecular complexity index is 1720. The molecule has 6 rings (SSSR count). The fraction of sp³-hybridized carbons (Fsp3) is 0.405. The monoisotopic (exact) mass is 629 g/mol. The molecule has 2 heterocycles. The molecule has 2 unspecified atom stereocenters. The Kier molecular flexibility index (Phi) is 9.37. The predicted octanol–water partition coefficient (Wildman–Crippen LogP) is 8.52. The predicted molar refractivity (Wildman–Crippen MR) is 170 cm³/mol. The van der Waals surface area contributed by atoms with Crippen LogP contribution >= 0.6 is 0 Å². The van der Waals surface area contributed by atoms with E-state index in [4.69, 9.17) is 9.15 Å². The summed E-state index contributed by atoms with van der Waals surface area (Å²) in [6, 6.07) is 21.2. The van der Waals surface area contributed by atoms with Crippen molar-refractivity contribution in [2.45, 2.75) is 82.7 Å². The number of alkyl halides is 3. The van der Waals surface area contributed by atoms with Gasteiger partial charge < -0.3 is 14.5 Å². The zero-order valence-corrected chi connectivity index (χ0v) is 25.9. The molecule has 0 radical (unpaired) electrons. The lowest BCUT2D eigenvalue weighted by molar-refractivity contribution is -0.137. The van der Waals surface area contributed by atoms with Crippen molar-refractivity contribution in [2.24, 2.45) is 0 Å². The van der Waals surface area contributed by atoms with Crippen LogP contribution in [0.2, 0.25) is 0 Å². The van der Waals surface area contributed by atoms with Crippen molar-refractivity contribution in [1.29, 1.82) is 5.26 Å². The maximum Gasteiger partial charge on any atom is 0.416 e. The molecule has 1 saturated carbocycles. The van der Waals surface area contributed by atoms with Gasteiger partial charge in [-0.3, -0.25) is 9.69 Å². The molecule has 46 heavy (non-hydrogen) atoms. The highest BCUT2D eigenvalue weighted by atomic mass is 19.4. The summed E-state index contributed by atoms with van der Waals surface area (Å²) in [5.41, 5.74) is 3.44. The molecule has 1 aliphatic carbocycles. The number of rotatable bonds is 7. The first-order valence-electron chi connectivity index (χ1n) is 16.1. The Hall–Kier alpha value is -4.29. The van der Waals surface area contributed by atoms with Gasteiger partial charge in [0.1, 0.15) is 11.3 Å². The number of nitriles is 1. The highest BCUT2D eigenvalue weighted by molar-refractivity contribution is 5.99. The number of furan rings is 1. The number of benzene rings is 3. The second-order valence-electron chi connectivity index (χ2n) is 12.6. The number of amides is 1. The zero-order valence-electron chi connectivity index (χ0n) is 25.9. The SMILES string of the molecule is Cc1c(C(=O)NC2CCN(Cc3ccccc3C#N)CC2)oc2cc(OC3CCCC(c4ccc(C(F)(F)F)cc4)CC3)ccc12. The highest BCUT2D eigenvalue weighted by Crippen LogP contribution is 2.36. The smallest absolute Gasteiger partial charge is 0.416 e. The van der Waals surface area contributed by atoms with Gasteiger partial charge in [-0.1, -0.05) is 30.3 Å². The third-order valence-electron chi connectivity index (χ3n) is 9.50. The van der Waals surface area contributed by atoms with Crippen molar-refractivity contribution >= 4 is 16.9 Å². The third kappa shape index (κ3) is 7.23. The van der Waals surface area contributed by atoms with Crippen molar-refractivity contribution in [3.05, 3.63) is 100 Å². The summed E-state index contributed by atoms with van der Waals surface area (Å²) in [5.74, 6) is 0.977. The minimum atomic E-state index is -4.33. The van der Waals surface area contributed by atoms with E-state index in [1.807, 2.05) is 49.4 Å². The molecular formula is C37H38F3N3O3. The van der Waals surface area contributed by atoms with E-state index in [1.54, 1.807) is 12.1 Å². The molecule has 3 aromatic carbocycles. The minimum absolute atomic E-state index is 0.00465. The van der Waals surface area contributed by atoms with Crippen LogP contribution in [0.15, 0.2) is 71.1 Å². The van der Waals surface area contributed by atoms with Crippen molar-refractivity contribution in [3.63, 3.8) is 0 Å². The largest absolute Gasteiger partial charge is 0.490 e. The van der Waals surface area contributed by atoms with Crippen LogP contribution in [-0.4, -0.2) is 36.0 Å². The molecule has 9 heteroatoms. The Labute approximate surface area is 267 Å². The maximum atomic E-state index is 13.3. The van der Waals surface area contributed by atoms with Crippen LogP contribution in [0.1, 0.15) is 89.2 Å². The molecule has 4 aromatic rings. The van der Waals surface area contributed by atoms with E-state index in [2.05, 4.69) is 16.3 Å². The summed E-state index contributed by atoms with van der Waals surface area (Å²) in [6.07, 6.45) is 1.65. The second-order valence-corrected chi connectivity index (χ2v) is 12.6. The standard InChI is InChI=1S/C37H38F3N3O3/c1-24-33-16-15-32(45-31-8-4-7-25(11-14-31)26-9-12-29(13-10-26)37(38,39)40)21-34(33)46-35(24)36(44)42-30-17-19-43(20-18-30)23-28-6-3-2-5-27(28)22-41/h2-3,5-6,9-10,12-13,15-16,21,25,30-31H,4,7-8,11,14,17-20,23H2,1H3,(H,42,44). The van der Waals surface area contributed by atoms with E-state index < -0.39 is 11.7 Å². The molecule has 2 atom stereocenters. The lowest BCUT2D eigenvalue weighted by atomic mass is 9.91. The molecule has 0 spiro atoms. The maximum absolute atomic E-state index is 13.3. The number of nitrogens with zero attached hydrogens (tertiary/aromatic N) is 2. The number of likely N-dealkylation sites (tertiary alicyclic amines) is 1. The molecule has 2 aliphatic rings. The quantitative estimate of drug-likeness (QED) is 0.207. The fourth-order valence-electron chi connectivity index (χ4n) is 6.85. The van der Waals surface area contributed by atoms with E-state index in [0.29, 0.717) is 22.7 Å². The van der Waals surface area contributed by atoms with Crippen LogP contribution < -0.4 is 10.1 Å². The summed E-state index contributed by atoms with van der Waals surface area (Å²) < 4.78 is 51.4. The molecule has 2 fully saturated rings. The van der Waals surface area contributed by atoms with Crippen LogP contribution in [-0.2, 0) is 12.7 Å². The van der Waals surface area contributed by atoms with Crippen molar-refractivity contribution < 1.29 is 27.1 Å². The lowest BCUT2D eigenvalue weighted by Crippen LogP contribution is -2.44. The van der Waals surface area contributed by atoms with Crippen LogP contribution in [0.5, 0.6) is 5.75 Å². The molecule has 1 aromatic heterocycles. The number of halogens is 3. The zero-order chi connectivity index (χ0) is 32.3. The van der Waals surface area contributed by atoms with Crippen molar-refractivity contribution in [3.8, 4) is 11.8 Å². The number of carbonyl (C=O) groups is 1. The topological polar surface area (TPSA) is 78.5 Å². The van der Waals surface area contributed by atoms with Gasteiger partial charge in [0.05, 0.1) is 23.3 Å². The number of carbonyl (C=O) groups excluding carboxylic acids is 1. The van der Waals surface area contributed by atoms with Gasteiger partial charge >= 0.3 is 6.18 Å². The average Bonchev–Trinajstić information content (AvgIpc) is 3.21. The van der Waals surface area contributed by atoms with Gasteiger partial charge in [-0.25, -0.2) is 0 Å². The first-order chi connectivity index (χ1) is 22.2. The number of nitrogens with one attached hydrogen (secondary N) is 1. The summed E-state index contributed by atoms with van der Waals surface area (Å²) in [4.78, 5) is 15.6. The molecule has 1 amide bonds. The number of aryl methyl sites for hydroxylation is 1. The Morgan fingerprint density at radius 2 is 1.76 bits per heavy atom. The van der Waals surface area contributed by atoms with Crippen LogP contribution in [0, 0.1) is 18.3 Å². The summed E-state index contributed by atoms with van der Waals surface area (Å²) in [6.45, 7) is 4.27. The van der Waals surface area contributed by atoms with E-state index in [9.17, 15) is 23.2 Å². The van der Waals surface area contributed by atoms with Gasteiger partial charge in [0.15, 0.2) is 5.76 Å². The summed E-state index contributed by atoms with van der Waals surface area (Å²) in [7, 11) is 0. The van der Waals surface area contributed by atoms with Gasteiger partial charge in [-0.2, -0.15) is 18.4 Å². The molecule has 1 aliphatic heterocycles. The van der Waals surface area contributed by atoms with Gasteiger partial charge in [0, 0.05) is 42.7 Å². The molecule has 240 valence electrons. The molecule has 1 saturated heterocycles. The average molecular weight is 630 g/mol.